The molecule has 0 spiro atoms. The summed E-state index contributed by atoms with van der Waals surface area (Å²) in [4.78, 5) is 1.15. The number of likely N-dealkylation sites (N-methyl/N-ethyl adjacent to an activating group) is 1. The molecule has 1 aromatic rings. The molecule has 0 heterocycles. The number of benzene rings is 1. The largest absolute Gasteiger partial charge is 0.489 e. The van der Waals surface area contributed by atoms with Gasteiger partial charge in [0.1, 0.15) is 11.5 Å². The standard InChI is InChI=1S/C12H16ClF2NO3S/c1-3-16(4-2)7-8-19-9-5-6-10(20(13,17)18)12(15)11(9)14/h5-6H,3-4,7-8H2,1-2H3. The van der Waals surface area contributed by atoms with Gasteiger partial charge in [-0.1, -0.05) is 13.8 Å². The quantitative estimate of drug-likeness (QED) is 0.722. The van der Waals surface area contributed by atoms with Crippen LogP contribution in [0.3, 0.4) is 0 Å². The molecular formula is C12H16ClF2NO3S. The van der Waals surface area contributed by atoms with Gasteiger partial charge in [-0.2, -0.15) is 4.39 Å². The minimum atomic E-state index is -4.32. The summed E-state index contributed by atoms with van der Waals surface area (Å²) >= 11 is 0. The van der Waals surface area contributed by atoms with Crippen LogP contribution in [0.25, 0.3) is 0 Å². The Morgan fingerprint density at radius 3 is 2.30 bits per heavy atom. The molecule has 0 atom stereocenters. The van der Waals surface area contributed by atoms with E-state index >= 15 is 0 Å². The van der Waals surface area contributed by atoms with E-state index in [0.717, 1.165) is 25.2 Å². The van der Waals surface area contributed by atoms with E-state index in [1.54, 1.807) is 0 Å². The molecule has 0 bridgehead atoms. The smallest absolute Gasteiger partial charge is 0.264 e. The highest BCUT2D eigenvalue weighted by molar-refractivity contribution is 8.13. The molecule has 0 aliphatic heterocycles. The Balaban J connectivity index is 2.81. The number of hydrogen-bond donors (Lipinski definition) is 0. The second-order valence-corrected chi connectivity index (χ2v) is 6.54. The van der Waals surface area contributed by atoms with Gasteiger partial charge in [0.25, 0.3) is 9.05 Å². The van der Waals surface area contributed by atoms with Crippen LogP contribution in [0.15, 0.2) is 17.0 Å². The molecule has 0 aliphatic rings. The molecule has 0 aromatic heterocycles. The highest BCUT2D eigenvalue weighted by atomic mass is 35.7. The molecule has 0 amide bonds. The summed E-state index contributed by atoms with van der Waals surface area (Å²) in [5.74, 6) is -3.22. The van der Waals surface area contributed by atoms with Gasteiger partial charge in [0, 0.05) is 17.2 Å². The Morgan fingerprint density at radius 2 is 1.80 bits per heavy atom. The highest BCUT2D eigenvalue weighted by Crippen LogP contribution is 2.27. The first-order valence-electron chi connectivity index (χ1n) is 6.09. The lowest BCUT2D eigenvalue weighted by Crippen LogP contribution is -2.28. The summed E-state index contributed by atoms with van der Waals surface area (Å²) < 4.78 is 54.3. The summed E-state index contributed by atoms with van der Waals surface area (Å²) in [6, 6.07) is 1.93. The first-order valence-corrected chi connectivity index (χ1v) is 8.40. The zero-order chi connectivity index (χ0) is 15.3. The summed E-state index contributed by atoms with van der Waals surface area (Å²) in [6.45, 7) is 6.32. The third-order valence-corrected chi connectivity index (χ3v) is 4.17. The van der Waals surface area contributed by atoms with E-state index in [4.69, 9.17) is 15.4 Å². The molecule has 0 saturated heterocycles. The number of nitrogens with zero attached hydrogens (tertiary/aromatic N) is 1. The third-order valence-electron chi connectivity index (χ3n) is 2.83. The lowest BCUT2D eigenvalue weighted by atomic mass is 10.3. The number of halogens is 3. The Bertz CT molecular complexity index is 562. The second kappa shape index (κ2) is 7.19. The molecular weight excluding hydrogens is 312 g/mol. The highest BCUT2D eigenvalue weighted by Gasteiger charge is 2.22. The second-order valence-electron chi connectivity index (χ2n) is 4.00. The number of ether oxygens (including phenoxy) is 1. The monoisotopic (exact) mass is 327 g/mol. The molecule has 0 fully saturated rings. The van der Waals surface area contributed by atoms with Crippen molar-refractivity contribution in [3.05, 3.63) is 23.8 Å². The maximum atomic E-state index is 13.6. The van der Waals surface area contributed by atoms with Crippen LogP contribution in [0.2, 0.25) is 0 Å². The number of hydrogen-bond acceptors (Lipinski definition) is 4. The van der Waals surface area contributed by atoms with E-state index in [1.807, 2.05) is 18.7 Å². The molecule has 0 aliphatic carbocycles. The minimum Gasteiger partial charge on any atom is -0.489 e. The SMILES string of the molecule is CCN(CC)CCOc1ccc(S(=O)(=O)Cl)c(F)c1F. The van der Waals surface area contributed by atoms with Gasteiger partial charge < -0.3 is 9.64 Å². The van der Waals surface area contributed by atoms with Crippen molar-refractivity contribution in [1.82, 2.24) is 4.90 Å². The third kappa shape index (κ3) is 4.29. The first-order chi connectivity index (χ1) is 9.31. The maximum absolute atomic E-state index is 13.6. The van der Waals surface area contributed by atoms with Gasteiger partial charge in [-0.15, -0.1) is 0 Å². The van der Waals surface area contributed by atoms with Crippen LogP contribution >= 0.6 is 10.7 Å². The normalized spacial score (nSPS) is 11.9. The lowest BCUT2D eigenvalue weighted by molar-refractivity contribution is 0.215. The Morgan fingerprint density at radius 1 is 1.20 bits per heavy atom. The van der Waals surface area contributed by atoms with E-state index in [9.17, 15) is 17.2 Å². The van der Waals surface area contributed by atoms with Crippen molar-refractivity contribution < 1.29 is 21.9 Å². The molecule has 1 rings (SSSR count). The molecule has 8 heteroatoms. The van der Waals surface area contributed by atoms with Crippen molar-refractivity contribution in [3.8, 4) is 5.75 Å². The molecule has 0 unspecified atom stereocenters. The molecule has 0 radical (unpaired) electrons. The van der Waals surface area contributed by atoms with Crippen molar-refractivity contribution in [2.45, 2.75) is 18.7 Å². The van der Waals surface area contributed by atoms with Crippen molar-refractivity contribution in [3.63, 3.8) is 0 Å². The zero-order valence-electron chi connectivity index (χ0n) is 11.2. The van der Waals surface area contributed by atoms with Crippen molar-refractivity contribution in [2.24, 2.45) is 0 Å². The molecule has 1 aromatic carbocycles. The van der Waals surface area contributed by atoms with Gasteiger partial charge in [-0.25, -0.2) is 12.8 Å². The Labute approximate surface area is 121 Å². The van der Waals surface area contributed by atoms with Crippen molar-refractivity contribution >= 4 is 19.7 Å². The predicted molar refractivity (Wildman–Crippen MR) is 72.7 cm³/mol. The van der Waals surface area contributed by atoms with Gasteiger partial charge >= 0.3 is 0 Å². The van der Waals surface area contributed by atoms with E-state index in [-0.39, 0.29) is 12.4 Å². The van der Waals surface area contributed by atoms with Crippen LogP contribution in [-0.2, 0) is 9.05 Å². The van der Waals surface area contributed by atoms with E-state index in [2.05, 4.69) is 0 Å². The molecule has 114 valence electrons. The van der Waals surface area contributed by atoms with Gasteiger partial charge in [-0.3, -0.25) is 0 Å². The van der Waals surface area contributed by atoms with Crippen LogP contribution in [0.4, 0.5) is 8.78 Å². The molecule has 4 nitrogen and oxygen atoms in total. The van der Waals surface area contributed by atoms with E-state index < -0.39 is 25.6 Å². The zero-order valence-corrected chi connectivity index (χ0v) is 12.8. The van der Waals surface area contributed by atoms with Gasteiger partial charge in [0.15, 0.2) is 11.6 Å². The van der Waals surface area contributed by atoms with Crippen LogP contribution < -0.4 is 4.74 Å². The van der Waals surface area contributed by atoms with Crippen molar-refractivity contribution in [1.29, 1.82) is 0 Å². The summed E-state index contributed by atoms with van der Waals surface area (Å²) in [5.41, 5.74) is 0. The fourth-order valence-corrected chi connectivity index (χ4v) is 2.53. The van der Waals surface area contributed by atoms with Crippen LogP contribution in [0, 0.1) is 11.6 Å². The van der Waals surface area contributed by atoms with E-state index in [0.29, 0.717) is 6.54 Å². The molecule has 0 saturated carbocycles. The topological polar surface area (TPSA) is 46.6 Å². The minimum absolute atomic E-state index is 0.172. The summed E-state index contributed by atoms with van der Waals surface area (Å²) in [5, 5.41) is 0. The van der Waals surface area contributed by atoms with Gasteiger partial charge in [0.05, 0.1) is 0 Å². The maximum Gasteiger partial charge on any atom is 0.264 e. The average molecular weight is 328 g/mol. The Hall–Kier alpha value is -0.920. The molecule has 0 N–H and O–H groups in total. The predicted octanol–water partition coefficient (Wildman–Crippen LogP) is 2.61. The van der Waals surface area contributed by atoms with E-state index in [1.165, 1.54) is 0 Å². The van der Waals surface area contributed by atoms with Gasteiger partial charge in [-0.05, 0) is 25.2 Å². The van der Waals surface area contributed by atoms with Crippen LogP contribution in [0.5, 0.6) is 5.75 Å². The fraction of sp³-hybridized carbons (Fsp3) is 0.500. The van der Waals surface area contributed by atoms with Gasteiger partial charge in [0.2, 0.25) is 5.82 Å². The van der Waals surface area contributed by atoms with Crippen molar-refractivity contribution in [2.75, 3.05) is 26.2 Å². The Kier molecular flexibility index (Phi) is 6.16. The summed E-state index contributed by atoms with van der Waals surface area (Å²) in [7, 11) is 0.669. The lowest BCUT2D eigenvalue weighted by Gasteiger charge is -2.18. The summed E-state index contributed by atoms with van der Waals surface area (Å²) in [6.07, 6.45) is 0. The molecule has 20 heavy (non-hydrogen) atoms. The number of rotatable bonds is 7. The van der Waals surface area contributed by atoms with Crippen LogP contribution in [0.1, 0.15) is 13.8 Å². The fourth-order valence-electron chi connectivity index (χ4n) is 1.64. The van der Waals surface area contributed by atoms with Crippen LogP contribution in [-0.4, -0.2) is 39.6 Å². The average Bonchev–Trinajstić information content (AvgIpc) is 2.38. The first kappa shape index (κ1) is 17.1.